The van der Waals surface area contributed by atoms with Crippen LogP contribution >= 0.6 is 23.2 Å². The lowest BCUT2D eigenvalue weighted by atomic mass is 9.87. The van der Waals surface area contributed by atoms with Crippen molar-refractivity contribution in [3.8, 4) is 5.75 Å². The second-order valence-electron chi connectivity index (χ2n) is 8.83. The van der Waals surface area contributed by atoms with Crippen LogP contribution in [-0.4, -0.2) is 17.5 Å². The van der Waals surface area contributed by atoms with E-state index in [1.165, 1.54) is 5.56 Å². The number of aromatic nitrogens is 1. The summed E-state index contributed by atoms with van der Waals surface area (Å²) in [5.41, 5.74) is 4.10. The predicted octanol–water partition coefficient (Wildman–Crippen LogP) is 7.04. The van der Waals surface area contributed by atoms with E-state index >= 15 is 0 Å². The van der Waals surface area contributed by atoms with E-state index in [-0.39, 0.29) is 17.9 Å². The van der Waals surface area contributed by atoms with E-state index in [4.69, 9.17) is 32.4 Å². The van der Waals surface area contributed by atoms with Crippen molar-refractivity contribution in [2.75, 3.05) is 11.9 Å². The number of hydrogen-bond acceptors (Lipinski definition) is 4. The maximum absolute atomic E-state index is 12.3. The third kappa shape index (κ3) is 5.86. The molecule has 1 amide bonds. The normalized spacial score (nSPS) is 11.5. The number of nitrogens with one attached hydrogen (secondary N) is 1. The van der Waals surface area contributed by atoms with E-state index in [0.717, 1.165) is 5.56 Å². The average Bonchev–Trinajstić information content (AvgIpc) is 3.16. The highest BCUT2D eigenvalue weighted by Crippen LogP contribution is 2.29. The van der Waals surface area contributed by atoms with Gasteiger partial charge in [-0.1, -0.05) is 68.2 Å². The van der Waals surface area contributed by atoms with Gasteiger partial charge in [0.2, 0.25) is 0 Å². The molecule has 0 saturated carbocycles. The van der Waals surface area contributed by atoms with Crippen LogP contribution in [0.2, 0.25) is 10.0 Å². The Morgan fingerprint density at radius 1 is 1.03 bits per heavy atom. The van der Waals surface area contributed by atoms with E-state index in [1.807, 2.05) is 48.5 Å². The van der Waals surface area contributed by atoms with Crippen LogP contribution in [0.3, 0.4) is 0 Å². The topological polar surface area (TPSA) is 64.4 Å². The Kier molecular flexibility index (Phi) is 6.63. The van der Waals surface area contributed by atoms with Crippen molar-refractivity contribution in [1.29, 1.82) is 0 Å². The van der Waals surface area contributed by atoms with E-state index in [2.05, 4.69) is 31.1 Å². The van der Waals surface area contributed by atoms with E-state index in [1.54, 1.807) is 12.1 Å². The van der Waals surface area contributed by atoms with Crippen LogP contribution in [0.1, 0.15) is 37.8 Å². The van der Waals surface area contributed by atoms with Gasteiger partial charge in [-0.2, -0.15) is 0 Å². The molecule has 4 rings (SSSR count). The lowest BCUT2D eigenvalue weighted by molar-refractivity contribution is -0.118. The van der Waals surface area contributed by atoms with Crippen LogP contribution in [-0.2, 0) is 16.6 Å². The van der Waals surface area contributed by atoms with Gasteiger partial charge in [0.05, 0.1) is 5.02 Å². The summed E-state index contributed by atoms with van der Waals surface area (Å²) in [5.74, 6) is 0.971. The molecule has 0 spiro atoms. The maximum Gasteiger partial charge on any atom is 0.262 e. The molecule has 3 aromatic carbocycles. The standard InChI is InChI=1S/C26H24Cl2N2O3/c1-26(2,3)17-6-10-20(11-7-17)32-15-23(31)29-19-8-4-16(5-9-19)12-24-30-22-14-18(27)13-21(28)25(22)33-24/h4-11,13-14H,12,15H2,1-3H3,(H,29,31). The number of benzene rings is 3. The quantitative estimate of drug-likeness (QED) is 0.320. The van der Waals surface area contributed by atoms with Crippen LogP contribution in [0.5, 0.6) is 5.75 Å². The molecule has 0 aliphatic carbocycles. The van der Waals surface area contributed by atoms with Gasteiger partial charge in [-0.3, -0.25) is 4.79 Å². The molecular weight excluding hydrogens is 459 g/mol. The Bertz CT molecular complexity index is 1270. The second-order valence-corrected chi connectivity index (χ2v) is 9.67. The highest BCUT2D eigenvalue weighted by Gasteiger charge is 2.14. The maximum atomic E-state index is 12.3. The Balaban J connectivity index is 1.32. The van der Waals surface area contributed by atoms with Gasteiger partial charge < -0.3 is 14.5 Å². The number of carbonyl (C=O) groups excluding carboxylic acids is 1. The van der Waals surface area contributed by atoms with Gasteiger partial charge in [-0.15, -0.1) is 0 Å². The fourth-order valence-corrected chi connectivity index (χ4v) is 3.88. The number of oxazole rings is 1. The molecule has 0 aliphatic rings. The van der Waals surface area contributed by atoms with Gasteiger partial charge >= 0.3 is 0 Å². The van der Waals surface area contributed by atoms with Gasteiger partial charge in [0.15, 0.2) is 18.1 Å². The molecular formula is C26H24Cl2N2O3. The van der Waals surface area contributed by atoms with Crippen molar-refractivity contribution < 1.29 is 13.9 Å². The molecule has 1 aromatic heterocycles. The Labute approximate surface area is 202 Å². The number of fused-ring (bicyclic) bond motifs is 1. The molecule has 0 aliphatic heterocycles. The molecule has 33 heavy (non-hydrogen) atoms. The fraction of sp³-hybridized carbons (Fsp3) is 0.231. The molecule has 4 aromatic rings. The van der Waals surface area contributed by atoms with Gasteiger partial charge in [-0.25, -0.2) is 4.98 Å². The molecule has 170 valence electrons. The van der Waals surface area contributed by atoms with Crippen molar-refractivity contribution in [3.63, 3.8) is 0 Å². The SMILES string of the molecule is CC(C)(C)c1ccc(OCC(=O)Nc2ccc(Cc3nc4cc(Cl)cc(Cl)c4o3)cc2)cc1. The summed E-state index contributed by atoms with van der Waals surface area (Å²) in [6.07, 6.45) is 0.491. The Morgan fingerprint density at radius 2 is 1.73 bits per heavy atom. The number of carbonyl (C=O) groups is 1. The minimum atomic E-state index is -0.229. The molecule has 0 fully saturated rings. The molecule has 0 bridgehead atoms. The highest BCUT2D eigenvalue weighted by atomic mass is 35.5. The zero-order chi connectivity index (χ0) is 23.6. The third-order valence-electron chi connectivity index (χ3n) is 5.14. The molecule has 0 atom stereocenters. The van der Waals surface area contributed by atoms with E-state index < -0.39 is 0 Å². The minimum absolute atomic E-state index is 0.0666. The zero-order valence-electron chi connectivity index (χ0n) is 18.6. The van der Waals surface area contributed by atoms with Crippen LogP contribution in [0.15, 0.2) is 65.1 Å². The lowest BCUT2D eigenvalue weighted by Crippen LogP contribution is -2.20. The smallest absolute Gasteiger partial charge is 0.262 e. The van der Waals surface area contributed by atoms with Crippen molar-refractivity contribution in [2.45, 2.75) is 32.6 Å². The monoisotopic (exact) mass is 482 g/mol. The molecule has 1 heterocycles. The van der Waals surface area contributed by atoms with Gasteiger partial charge in [0.1, 0.15) is 11.3 Å². The van der Waals surface area contributed by atoms with Crippen LogP contribution in [0.4, 0.5) is 5.69 Å². The van der Waals surface area contributed by atoms with Gasteiger partial charge in [0, 0.05) is 17.1 Å². The number of hydrogen-bond donors (Lipinski definition) is 1. The molecule has 1 N–H and O–H groups in total. The van der Waals surface area contributed by atoms with Crippen LogP contribution < -0.4 is 10.1 Å². The molecule has 5 nitrogen and oxygen atoms in total. The third-order valence-corrected chi connectivity index (χ3v) is 5.64. The Morgan fingerprint density at radius 3 is 2.39 bits per heavy atom. The number of anilines is 1. The number of rotatable bonds is 6. The summed E-state index contributed by atoms with van der Waals surface area (Å²) in [6, 6.07) is 18.6. The van der Waals surface area contributed by atoms with Crippen molar-refractivity contribution in [1.82, 2.24) is 4.98 Å². The van der Waals surface area contributed by atoms with Gasteiger partial charge in [0.25, 0.3) is 5.91 Å². The van der Waals surface area contributed by atoms with Gasteiger partial charge in [-0.05, 0) is 52.9 Å². The molecule has 0 unspecified atom stereocenters. The second kappa shape index (κ2) is 9.46. The largest absolute Gasteiger partial charge is 0.484 e. The summed E-state index contributed by atoms with van der Waals surface area (Å²) >= 11 is 12.2. The first kappa shape index (κ1) is 23.1. The van der Waals surface area contributed by atoms with Crippen LogP contribution in [0, 0.1) is 0 Å². The first-order valence-electron chi connectivity index (χ1n) is 10.5. The summed E-state index contributed by atoms with van der Waals surface area (Å²) in [7, 11) is 0. The molecule has 7 heteroatoms. The summed E-state index contributed by atoms with van der Waals surface area (Å²) in [4.78, 5) is 16.7. The minimum Gasteiger partial charge on any atom is -0.484 e. The highest BCUT2D eigenvalue weighted by molar-refractivity contribution is 6.37. The van der Waals surface area contributed by atoms with E-state index in [0.29, 0.717) is 44.9 Å². The summed E-state index contributed by atoms with van der Waals surface area (Å²) < 4.78 is 11.4. The first-order valence-corrected chi connectivity index (χ1v) is 11.3. The predicted molar refractivity (Wildman–Crippen MR) is 133 cm³/mol. The first-order chi connectivity index (χ1) is 15.7. The summed E-state index contributed by atoms with van der Waals surface area (Å²) in [5, 5.41) is 3.78. The van der Waals surface area contributed by atoms with Crippen molar-refractivity contribution >= 4 is 45.9 Å². The molecule has 0 saturated heterocycles. The zero-order valence-corrected chi connectivity index (χ0v) is 20.1. The number of halogens is 2. The molecule has 0 radical (unpaired) electrons. The lowest BCUT2D eigenvalue weighted by Gasteiger charge is -2.19. The van der Waals surface area contributed by atoms with Crippen LogP contribution in [0.25, 0.3) is 11.1 Å². The van der Waals surface area contributed by atoms with E-state index in [9.17, 15) is 4.79 Å². The summed E-state index contributed by atoms with van der Waals surface area (Å²) in [6.45, 7) is 6.39. The van der Waals surface area contributed by atoms with Crippen molar-refractivity contribution in [3.05, 3.63) is 87.7 Å². The number of amides is 1. The Hall–Kier alpha value is -3.02. The van der Waals surface area contributed by atoms with Crippen molar-refractivity contribution in [2.24, 2.45) is 0 Å². The number of nitrogens with zero attached hydrogens (tertiary/aromatic N) is 1. The fourth-order valence-electron chi connectivity index (χ4n) is 3.36. The average molecular weight is 483 g/mol. The number of ether oxygens (including phenoxy) is 1.